The summed E-state index contributed by atoms with van der Waals surface area (Å²) in [7, 11) is -2.62. The van der Waals surface area contributed by atoms with Crippen LogP contribution < -0.4 is 10.2 Å². The van der Waals surface area contributed by atoms with Gasteiger partial charge >= 0.3 is 0 Å². The van der Waals surface area contributed by atoms with Gasteiger partial charge < -0.3 is 0 Å². The molecule has 6 nitrogen and oxygen atoms in total. The van der Waals surface area contributed by atoms with Crippen LogP contribution in [-0.2, 0) is 14.9 Å². The van der Waals surface area contributed by atoms with Crippen LogP contribution in [0.25, 0.3) is 0 Å². The molecule has 0 saturated carbocycles. The Morgan fingerprint density at radius 2 is 1.82 bits per heavy atom. The van der Waals surface area contributed by atoms with E-state index in [1.165, 1.54) is 43.5 Å². The Hall–Kier alpha value is -2.45. The number of hydrogen-bond acceptors (Lipinski definition) is 4. The van der Waals surface area contributed by atoms with Crippen molar-refractivity contribution >= 4 is 21.6 Å². The van der Waals surface area contributed by atoms with Gasteiger partial charge in [0.2, 0.25) is 0 Å². The molecule has 0 aliphatic rings. The maximum atomic E-state index is 12.8. The van der Waals surface area contributed by atoms with E-state index in [1.807, 2.05) is 0 Å². The van der Waals surface area contributed by atoms with E-state index in [0.717, 1.165) is 12.1 Å². The molecule has 1 amide bonds. The maximum Gasteiger partial charge on any atom is 0.274 e. The standard InChI is InChI=1S/C14H13FN2O4S/c1-21-16-14(18)10-3-2-4-13(9-10)22(19,20)17-12-7-5-11(15)6-8-12/h2-9,17H,1H3,(H,16,18). The fourth-order valence-corrected chi connectivity index (χ4v) is 2.79. The van der Waals surface area contributed by atoms with Crippen molar-refractivity contribution in [1.82, 2.24) is 5.48 Å². The first-order valence-corrected chi connectivity index (χ1v) is 7.62. The molecule has 0 aromatic heterocycles. The number of rotatable bonds is 5. The highest BCUT2D eigenvalue weighted by Gasteiger charge is 2.16. The van der Waals surface area contributed by atoms with E-state index in [2.05, 4.69) is 15.0 Å². The number of halogens is 1. The highest BCUT2D eigenvalue weighted by molar-refractivity contribution is 7.92. The predicted molar refractivity (Wildman–Crippen MR) is 78.1 cm³/mol. The zero-order valence-corrected chi connectivity index (χ0v) is 12.4. The molecule has 2 rings (SSSR count). The smallest absolute Gasteiger partial charge is 0.274 e. The third-order valence-electron chi connectivity index (χ3n) is 2.70. The van der Waals surface area contributed by atoms with Crippen LogP contribution in [-0.4, -0.2) is 21.4 Å². The van der Waals surface area contributed by atoms with Gasteiger partial charge in [-0.25, -0.2) is 18.3 Å². The Balaban J connectivity index is 2.27. The first-order valence-electron chi connectivity index (χ1n) is 6.14. The normalized spacial score (nSPS) is 11.0. The third kappa shape index (κ3) is 3.80. The van der Waals surface area contributed by atoms with Gasteiger partial charge in [-0.05, 0) is 42.5 Å². The minimum atomic E-state index is -3.89. The summed E-state index contributed by atoms with van der Waals surface area (Å²) < 4.78 is 39.6. The van der Waals surface area contributed by atoms with E-state index in [4.69, 9.17) is 0 Å². The highest BCUT2D eigenvalue weighted by atomic mass is 32.2. The van der Waals surface area contributed by atoms with Crippen molar-refractivity contribution in [2.24, 2.45) is 0 Å². The van der Waals surface area contributed by atoms with Gasteiger partial charge in [0.25, 0.3) is 15.9 Å². The SMILES string of the molecule is CONC(=O)c1cccc(S(=O)(=O)Nc2ccc(F)cc2)c1. The molecule has 0 aliphatic carbocycles. The molecule has 22 heavy (non-hydrogen) atoms. The monoisotopic (exact) mass is 324 g/mol. The van der Waals surface area contributed by atoms with Gasteiger partial charge in [-0.2, -0.15) is 0 Å². The van der Waals surface area contributed by atoms with Crippen molar-refractivity contribution in [3.63, 3.8) is 0 Å². The Morgan fingerprint density at radius 1 is 1.14 bits per heavy atom. The van der Waals surface area contributed by atoms with Gasteiger partial charge in [-0.3, -0.25) is 14.4 Å². The molecular formula is C14H13FN2O4S. The van der Waals surface area contributed by atoms with Crippen molar-refractivity contribution in [3.8, 4) is 0 Å². The van der Waals surface area contributed by atoms with Crippen molar-refractivity contribution in [2.75, 3.05) is 11.8 Å². The second kappa shape index (κ2) is 6.54. The number of hydroxylamine groups is 1. The van der Waals surface area contributed by atoms with E-state index in [0.29, 0.717) is 0 Å². The van der Waals surface area contributed by atoms with Crippen LogP contribution in [0.1, 0.15) is 10.4 Å². The minimum absolute atomic E-state index is 0.0967. The Bertz CT molecular complexity index is 776. The lowest BCUT2D eigenvalue weighted by Gasteiger charge is -2.09. The average molecular weight is 324 g/mol. The number of carbonyl (C=O) groups excluding carboxylic acids is 1. The van der Waals surface area contributed by atoms with Crippen LogP contribution >= 0.6 is 0 Å². The fraction of sp³-hybridized carbons (Fsp3) is 0.0714. The predicted octanol–water partition coefficient (Wildman–Crippen LogP) is 1.92. The lowest BCUT2D eigenvalue weighted by molar-refractivity contribution is 0.0537. The average Bonchev–Trinajstić information content (AvgIpc) is 2.50. The Kier molecular flexibility index (Phi) is 4.74. The summed E-state index contributed by atoms with van der Waals surface area (Å²) in [6.45, 7) is 0. The number of amides is 1. The summed E-state index contributed by atoms with van der Waals surface area (Å²) in [5.41, 5.74) is 2.44. The lowest BCUT2D eigenvalue weighted by Crippen LogP contribution is -2.22. The van der Waals surface area contributed by atoms with Gasteiger partial charge in [0.15, 0.2) is 0 Å². The van der Waals surface area contributed by atoms with E-state index in [-0.39, 0.29) is 16.1 Å². The van der Waals surface area contributed by atoms with Gasteiger partial charge in [0.05, 0.1) is 12.0 Å². The number of hydrogen-bond donors (Lipinski definition) is 2. The number of benzene rings is 2. The van der Waals surface area contributed by atoms with E-state index in [9.17, 15) is 17.6 Å². The number of anilines is 1. The van der Waals surface area contributed by atoms with E-state index >= 15 is 0 Å². The number of nitrogens with one attached hydrogen (secondary N) is 2. The molecule has 0 atom stereocenters. The maximum absolute atomic E-state index is 12.8. The second-order valence-corrected chi connectivity index (χ2v) is 5.96. The molecule has 2 aromatic rings. The van der Waals surface area contributed by atoms with Gasteiger partial charge in [-0.1, -0.05) is 6.07 Å². The summed E-state index contributed by atoms with van der Waals surface area (Å²) in [5, 5.41) is 0. The van der Waals surface area contributed by atoms with Gasteiger partial charge in [0, 0.05) is 11.3 Å². The Labute approximate surface area is 126 Å². The van der Waals surface area contributed by atoms with Crippen LogP contribution in [0.5, 0.6) is 0 Å². The highest BCUT2D eigenvalue weighted by Crippen LogP contribution is 2.17. The second-order valence-electron chi connectivity index (χ2n) is 4.28. The first-order chi connectivity index (χ1) is 10.4. The molecule has 116 valence electrons. The quantitative estimate of drug-likeness (QED) is 0.823. The van der Waals surface area contributed by atoms with Crippen LogP contribution in [0, 0.1) is 5.82 Å². The van der Waals surface area contributed by atoms with Crippen LogP contribution in [0.3, 0.4) is 0 Å². The third-order valence-corrected chi connectivity index (χ3v) is 4.08. The molecule has 0 heterocycles. The zero-order chi connectivity index (χ0) is 16.2. The molecule has 0 radical (unpaired) electrons. The number of carbonyl (C=O) groups is 1. The molecule has 0 spiro atoms. The largest absolute Gasteiger partial charge is 0.280 e. The topological polar surface area (TPSA) is 84.5 Å². The van der Waals surface area contributed by atoms with E-state index < -0.39 is 21.7 Å². The Morgan fingerprint density at radius 3 is 2.45 bits per heavy atom. The van der Waals surface area contributed by atoms with Gasteiger partial charge in [0.1, 0.15) is 5.82 Å². The van der Waals surface area contributed by atoms with Crippen molar-refractivity contribution in [2.45, 2.75) is 4.90 Å². The zero-order valence-electron chi connectivity index (χ0n) is 11.5. The summed E-state index contributed by atoms with van der Waals surface area (Å²) in [4.78, 5) is 16.0. The molecule has 8 heteroatoms. The van der Waals surface area contributed by atoms with Gasteiger partial charge in [-0.15, -0.1) is 0 Å². The summed E-state index contributed by atoms with van der Waals surface area (Å²) in [6.07, 6.45) is 0. The molecule has 0 saturated heterocycles. The molecule has 0 bridgehead atoms. The van der Waals surface area contributed by atoms with Crippen LogP contribution in [0.2, 0.25) is 0 Å². The molecule has 0 aliphatic heterocycles. The summed E-state index contributed by atoms with van der Waals surface area (Å²) in [6, 6.07) is 10.3. The van der Waals surface area contributed by atoms with Crippen molar-refractivity contribution < 1.29 is 22.4 Å². The summed E-state index contributed by atoms with van der Waals surface area (Å²) in [5.74, 6) is -1.04. The lowest BCUT2D eigenvalue weighted by atomic mass is 10.2. The molecule has 2 aromatic carbocycles. The number of sulfonamides is 1. The minimum Gasteiger partial charge on any atom is -0.280 e. The van der Waals surface area contributed by atoms with Crippen molar-refractivity contribution in [3.05, 3.63) is 59.9 Å². The van der Waals surface area contributed by atoms with Crippen LogP contribution in [0.15, 0.2) is 53.4 Å². The molecular weight excluding hydrogens is 311 g/mol. The molecule has 0 unspecified atom stereocenters. The first kappa shape index (κ1) is 15.9. The molecule has 0 fully saturated rings. The van der Waals surface area contributed by atoms with E-state index in [1.54, 1.807) is 0 Å². The molecule has 2 N–H and O–H groups in total. The fourth-order valence-electron chi connectivity index (χ4n) is 1.69. The van der Waals surface area contributed by atoms with Crippen LogP contribution in [0.4, 0.5) is 10.1 Å². The summed E-state index contributed by atoms with van der Waals surface area (Å²) >= 11 is 0. The van der Waals surface area contributed by atoms with Crippen molar-refractivity contribution in [1.29, 1.82) is 0 Å².